The third-order valence-electron chi connectivity index (χ3n) is 2.19. The predicted octanol–water partition coefficient (Wildman–Crippen LogP) is 1.63. The monoisotopic (exact) mass is 214 g/mol. The summed E-state index contributed by atoms with van der Waals surface area (Å²) in [4.78, 5) is 4.30. The SMILES string of the molecule is CCCN=C(NN)NC(C)CCC(C)C. The third-order valence-corrected chi connectivity index (χ3v) is 2.19. The van der Waals surface area contributed by atoms with Crippen molar-refractivity contribution in [2.45, 2.75) is 53.0 Å². The van der Waals surface area contributed by atoms with E-state index in [0.717, 1.165) is 25.3 Å². The van der Waals surface area contributed by atoms with Crippen LogP contribution in [0, 0.1) is 5.92 Å². The van der Waals surface area contributed by atoms with Crippen LogP contribution in [-0.4, -0.2) is 18.5 Å². The van der Waals surface area contributed by atoms with Crippen LogP contribution in [0.1, 0.15) is 47.0 Å². The van der Waals surface area contributed by atoms with E-state index in [1.807, 2.05) is 0 Å². The van der Waals surface area contributed by atoms with Crippen molar-refractivity contribution in [1.82, 2.24) is 10.7 Å². The molecule has 0 radical (unpaired) electrons. The van der Waals surface area contributed by atoms with Crippen LogP contribution in [-0.2, 0) is 0 Å². The molecule has 0 fully saturated rings. The number of hydrazine groups is 1. The van der Waals surface area contributed by atoms with E-state index in [0.29, 0.717) is 12.0 Å². The summed E-state index contributed by atoms with van der Waals surface area (Å²) in [5, 5.41) is 3.27. The zero-order valence-corrected chi connectivity index (χ0v) is 10.5. The lowest BCUT2D eigenvalue weighted by Crippen LogP contribution is -2.45. The molecule has 0 bridgehead atoms. The van der Waals surface area contributed by atoms with E-state index >= 15 is 0 Å². The molecule has 1 atom stereocenters. The molecule has 0 spiro atoms. The third kappa shape index (κ3) is 8.24. The van der Waals surface area contributed by atoms with Crippen molar-refractivity contribution in [3.8, 4) is 0 Å². The van der Waals surface area contributed by atoms with Crippen LogP contribution in [0.4, 0.5) is 0 Å². The average Bonchev–Trinajstić information content (AvgIpc) is 2.21. The Kier molecular flexibility index (Phi) is 8.09. The van der Waals surface area contributed by atoms with Crippen LogP contribution in [0.5, 0.6) is 0 Å². The van der Waals surface area contributed by atoms with E-state index in [-0.39, 0.29) is 0 Å². The van der Waals surface area contributed by atoms with Crippen LogP contribution in [0.3, 0.4) is 0 Å². The van der Waals surface area contributed by atoms with Crippen LogP contribution >= 0.6 is 0 Å². The van der Waals surface area contributed by atoms with Crippen molar-refractivity contribution in [1.29, 1.82) is 0 Å². The standard InChI is InChI=1S/C11H26N4/c1-5-8-13-11(15-12)14-10(4)7-6-9(2)3/h9-10H,5-8,12H2,1-4H3,(H2,13,14,15). The maximum absolute atomic E-state index is 5.37. The zero-order valence-electron chi connectivity index (χ0n) is 10.5. The first kappa shape index (κ1) is 14.2. The Morgan fingerprint density at radius 1 is 1.27 bits per heavy atom. The van der Waals surface area contributed by atoms with Gasteiger partial charge in [0.15, 0.2) is 0 Å². The van der Waals surface area contributed by atoms with Gasteiger partial charge < -0.3 is 5.32 Å². The lowest BCUT2D eigenvalue weighted by molar-refractivity contribution is 0.489. The quantitative estimate of drug-likeness (QED) is 0.272. The smallest absolute Gasteiger partial charge is 0.205 e. The molecule has 90 valence electrons. The van der Waals surface area contributed by atoms with E-state index in [4.69, 9.17) is 5.84 Å². The highest BCUT2D eigenvalue weighted by Crippen LogP contribution is 2.05. The fourth-order valence-electron chi connectivity index (χ4n) is 1.25. The molecule has 4 nitrogen and oxygen atoms in total. The van der Waals surface area contributed by atoms with Gasteiger partial charge >= 0.3 is 0 Å². The first-order valence-electron chi connectivity index (χ1n) is 5.87. The summed E-state index contributed by atoms with van der Waals surface area (Å²) < 4.78 is 0. The fourth-order valence-corrected chi connectivity index (χ4v) is 1.25. The van der Waals surface area contributed by atoms with Crippen LogP contribution in [0.25, 0.3) is 0 Å². The second-order valence-corrected chi connectivity index (χ2v) is 4.39. The number of hydrogen-bond acceptors (Lipinski definition) is 2. The first-order chi connectivity index (χ1) is 7.10. The first-order valence-corrected chi connectivity index (χ1v) is 5.87. The van der Waals surface area contributed by atoms with Crippen molar-refractivity contribution in [3.05, 3.63) is 0 Å². The molecule has 0 amide bonds. The molecule has 15 heavy (non-hydrogen) atoms. The van der Waals surface area contributed by atoms with Gasteiger partial charge in [0.1, 0.15) is 0 Å². The maximum Gasteiger partial charge on any atom is 0.205 e. The summed E-state index contributed by atoms with van der Waals surface area (Å²) in [6.07, 6.45) is 3.40. The van der Waals surface area contributed by atoms with Gasteiger partial charge in [-0.15, -0.1) is 0 Å². The Labute approximate surface area is 93.7 Å². The zero-order chi connectivity index (χ0) is 11.7. The molecular formula is C11H26N4. The highest BCUT2D eigenvalue weighted by molar-refractivity contribution is 5.79. The number of nitrogens with one attached hydrogen (secondary N) is 2. The minimum atomic E-state index is 0.416. The fraction of sp³-hybridized carbons (Fsp3) is 0.909. The normalized spacial score (nSPS) is 14.1. The van der Waals surface area contributed by atoms with Gasteiger partial charge in [-0.1, -0.05) is 20.8 Å². The molecule has 0 aromatic carbocycles. The van der Waals surface area contributed by atoms with E-state index in [9.17, 15) is 0 Å². The lowest BCUT2D eigenvalue weighted by atomic mass is 10.0. The molecular weight excluding hydrogens is 188 g/mol. The molecule has 4 N–H and O–H groups in total. The minimum absolute atomic E-state index is 0.416. The van der Waals surface area contributed by atoms with Gasteiger partial charge in [0.25, 0.3) is 0 Å². The van der Waals surface area contributed by atoms with Gasteiger partial charge in [-0.05, 0) is 32.1 Å². The summed E-state index contributed by atoms with van der Waals surface area (Å²) in [5.41, 5.74) is 2.59. The van der Waals surface area contributed by atoms with Gasteiger partial charge in [-0.2, -0.15) is 0 Å². The van der Waals surface area contributed by atoms with E-state index < -0.39 is 0 Å². The molecule has 0 aromatic heterocycles. The summed E-state index contributed by atoms with van der Waals surface area (Å²) >= 11 is 0. The van der Waals surface area contributed by atoms with Gasteiger partial charge in [-0.3, -0.25) is 10.4 Å². The molecule has 0 aliphatic rings. The number of guanidine groups is 1. The largest absolute Gasteiger partial charge is 0.353 e. The summed E-state index contributed by atoms with van der Waals surface area (Å²) in [5.74, 6) is 6.82. The van der Waals surface area contributed by atoms with Crippen molar-refractivity contribution in [2.24, 2.45) is 16.8 Å². The summed E-state index contributed by atoms with van der Waals surface area (Å²) in [6, 6.07) is 0.416. The second-order valence-electron chi connectivity index (χ2n) is 4.39. The molecule has 1 unspecified atom stereocenters. The predicted molar refractivity (Wildman–Crippen MR) is 66.6 cm³/mol. The molecule has 0 saturated heterocycles. The minimum Gasteiger partial charge on any atom is -0.353 e. The number of hydrogen-bond donors (Lipinski definition) is 3. The Morgan fingerprint density at radius 2 is 1.93 bits per heavy atom. The number of nitrogens with two attached hydrogens (primary N) is 1. The van der Waals surface area contributed by atoms with Crippen molar-refractivity contribution in [2.75, 3.05) is 6.54 Å². The maximum atomic E-state index is 5.37. The van der Waals surface area contributed by atoms with Crippen LogP contribution in [0.2, 0.25) is 0 Å². The average molecular weight is 214 g/mol. The molecule has 0 heterocycles. The lowest BCUT2D eigenvalue weighted by Gasteiger charge is -2.17. The molecule has 0 saturated carbocycles. The summed E-state index contributed by atoms with van der Waals surface area (Å²) in [7, 11) is 0. The van der Waals surface area contributed by atoms with Crippen LogP contribution < -0.4 is 16.6 Å². The Balaban J connectivity index is 3.84. The van der Waals surface area contributed by atoms with E-state index in [1.165, 1.54) is 6.42 Å². The summed E-state index contributed by atoms with van der Waals surface area (Å²) in [6.45, 7) is 9.53. The Bertz CT molecular complexity index is 177. The Morgan fingerprint density at radius 3 is 2.40 bits per heavy atom. The number of aliphatic imine (C=N–C) groups is 1. The Hall–Kier alpha value is -0.770. The van der Waals surface area contributed by atoms with Crippen molar-refractivity contribution < 1.29 is 0 Å². The molecule has 0 aromatic rings. The van der Waals surface area contributed by atoms with Crippen molar-refractivity contribution >= 4 is 5.96 Å². The highest BCUT2D eigenvalue weighted by atomic mass is 15.3. The molecule has 0 aliphatic heterocycles. The second kappa shape index (κ2) is 8.53. The topological polar surface area (TPSA) is 62.4 Å². The highest BCUT2D eigenvalue weighted by Gasteiger charge is 2.05. The molecule has 0 rings (SSSR count). The van der Waals surface area contributed by atoms with Gasteiger partial charge in [0.2, 0.25) is 5.96 Å². The number of nitrogens with zero attached hydrogens (tertiary/aromatic N) is 1. The van der Waals surface area contributed by atoms with E-state index in [1.54, 1.807) is 0 Å². The van der Waals surface area contributed by atoms with Gasteiger partial charge in [0.05, 0.1) is 0 Å². The number of rotatable bonds is 6. The molecule has 4 heteroatoms. The van der Waals surface area contributed by atoms with Gasteiger partial charge in [0, 0.05) is 12.6 Å². The van der Waals surface area contributed by atoms with Crippen LogP contribution in [0.15, 0.2) is 4.99 Å². The molecule has 0 aliphatic carbocycles. The van der Waals surface area contributed by atoms with Gasteiger partial charge in [-0.25, -0.2) is 5.84 Å². The van der Waals surface area contributed by atoms with E-state index in [2.05, 4.69) is 43.4 Å². The van der Waals surface area contributed by atoms with Crippen molar-refractivity contribution in [3.63, 3.8) is 0 Å².